The van der Waals surface area contributed by atoms with Crippen molar-refractivity contribution in [2.45, 2.75) is 20.4 Å². The molecule has 1 aliphatic rings. The van der Waals surface area contributed by atoms with Crippen molar-refractivity contribution in [1.82, 2.24) is 20.2 Å². The van der Waals surface area contributed by atoms with E-state index in [1.165, 1.54) is 6.08 Å². The zero-order valence-corrected chi connectivity index (χ0v) is 16.1. The molecule has 26 heavy (non-hydrogen) atoms. The second kappa shape index (κ2) is 8.91. The molecule has 0 aromatic carbocycles. The van der Waals surface area contributed by atoms with Crippen molar-refractivity contribution in [2.24, 2.45) is 0 Å². The van der Waals surface area contributed by atoms with Gasteiger partial charge in [0, 0.05) is 50.4 Å². The number of anilines is 1. The van der Waals surface area contributed by atoms with Crippen LogP contribution in [0.25, 0.3) is 6.08 Å². The lowest BCUT2D eigenvalue weighted by molar-refractivity contribution is -0.116. The Balaban J connectivity index is 1.47. The number of carbonyl (C=O) groups is 1. The van der Waals surface area contributed by atoms with Gasteiger partial charge >= 0.3 is 0 Å². The number of nitrogens with one attached hydrogen (secondary N) is 1. The Hall–Kier alpha value is -2.25. The van der Waals surface area contributed by atoms with Crippen LogP contribution in [0.5, 0.6) is 0 Å². The molecule has 1 fully saturated rings. The number of pyridine rings is 1. The molecule has 1 N–H and O–H groups in total. The predicted molar refractivity (Wildman–Crippen MR) is 106 cm³/mol. The first-order valence-corrected chi connectivity index (χ1v) is 9.82. The third-order valence-electron chi connectivity index (χ3n) is 4.46. The quantitative estimate of drug-likeness (QED) is 0.790. The van der Waals surface area contributed by atoms with Crippen LogP contribution in [0.3, 0.4) is 0 Å². The molecule has 6 nitrogen and oxygen atoms in total. The normalized spacial score (nSPS) is 15.5. The first-order valence-electron chi connectivity index (χ1n) is 8.94. The zero-order chi connectivity index (χ0) is 18.4. The van der Waals surface area contributed by atoms with Crippen molar-refractivity contribution < 1.29 is 4.79 Å². The summed E-state index contributed by atoms with van der Waals surface area (Å²) in [6.07, 6.45) is 5.09. The molecule has 2 aromatic rings. The maximum Gasteiger partial charge on any atom is 0.244 e. The van der Waals surface area contributed by atoms with Crippen LogP contribution in [0.4, 0.5) is 5.82 Å². The van der Waals surface area contributed by atoms with Crippen LogP contribution in [-0.2, 0) is 11.3 Å². The fourth-order valence-corrected chi connectivity index (χ4v) is 3.45. The number of hydrogen-bond donors (Lipinski definition) is 1. The first-order chi connectivity index (χ1) is 12.6. The number of hydrogen-bond acceptors (Lipinski definition) is 6. The lowest BCUT2D eigenvalue weighted by Crippen LogP contribution is -2.46. The third-order valence-corrected chi connectivity index (χ3v) is 5.25. The monoisotopic (exact) mass is 371 g/mol. The standard InChI is InChI=1S/C19H25N5OS/c1-3-23-8-10-24(11-9-23)18-6-4-16(12-20-18)13-21-19(25)7-5-17-14-26-15(2)22-17/h4-7,12,14H,3,8-11,13H2,1-2H3,(H,21,25)/b7-5+. The van der Waals surface area contributed by atoms with Gasteiger partial charge in [0.05, 0.1) is 10.7 Å². The molecule has 0 atom stereocenters. The topological polar surface area (TPSA) is 61.4 Å². The number of piperazine rings is 1. The van der Waals surface area contributed by atoms with Gasteiger partial charge in [0.25, 0.3) is 0 Å². The van der Waals surface area contributed by atoms with Gasteiger partial charge in [-0.05, 0) is 31.2 Å². The van der Waals surface area contributed by atoms with Gasteiger partial charge in [0.1, 0.15) is 5.82 Å². The number of aryl methyl sites for hydroxylation is 1. The van der Waals surface area contributed by atoms with E-state index in [2.05, 4.69) is 32.0 Å². The first kappa shape index (κ1) is 18.5. The molecule has 3 heterocycles. The molecule has 1 aliphatic heterocycles. The van der Waals surface area contributed by atoms with E-state index in [-0.39, 0.29) is 5.91 Å². The van der Waals surface area contributed by atoms with E-state index in [4.69, 9.17) is 0 Å². The average molecular weight is 372 g/mol. The van der Waals surface area contributed by atoms with Crippen molar-refractivity contribution in [3.63, 3.8) is 0 Å². The minimum Gasteiger partial charge on any atom is -0.354 e. The highest BCUT2D eigenvalue weighted by atomic mass is 32.1. The van der Waals surface area contributed by atoms with Crippen molar-refractivity contribution >= 4 is 29.1 Å². The van der Waals surface area contributed by atoms with Gasteiger partial charge in [0.15, 0.2) is 0 Å². The van der Waals surface area contributed by atoms with Gasteiger partial charge in [-0.1, -0.05) is 13.0 Å². The molecular weight excluding hydrogens is 346 g/mol. The highest BCUT2D eigenvalue weighted by Gasteiger charge is 2.16. The Kier molecular flexibility index (Phi) is 6.35. The summed E-state index contributed by atoms with van der Waals surface area (Å²) in [5.41, 5.74) is 1.81. The van der Waals surface area contributed by atoms with E-state index in [9.17, 15) is 4.79 Å². The summed E-state index contributed by atoms with van der Waals surface area (Å²) in [4.78, 5) is 25.5. The molecule has 1 saturated heterocycles. The number of aromatic nitrogens is 2. The second-order valence-electron chi connectivity index (χ2n) is 6.29. The van der Waals surface area contributed by atoms with Crippen LogP contribution in [-0.4, -0.2) is 53.5 Å². The number of nitrogens with zero attached hydrogens (tertiary/aromatic N) is 4. The minimum atomic E-state index is -0.129. The van der Waals surface area contributed by atoms with Crippen LogP contribution in [0.15, 0.2) is 29.8 Å². The van der Waals surface area contributed by atoms with Crippen molar-refractivity contribution in [3.8, 4) is 0 Å². The zero-order valence-electron chi connectivity index (χ0n) is 15.3. The summed E-state index contributed by atoms with van der Waals surface area (Å²) in [6.45, 7) is 9.91. The SMILES string of the molecule is CCN1CCN(c2ccc(CNC(=O)/C=C/c3csc(C)n3)cn2)CC1. The van der Waals surface area contributed by atoms with Crippen LogP contribution in [0, 0.1) is 6.92 Å². The third kappa shape index (κ3) is 5.12. The highest BCUT2D eigenvalue weighted by molar-refractivity contribution is 7.09. The Morgan fingerprint density at radius 2 is 2.12 bits per heavy atom. The molecule has 0 bridgehead atoms. The molecule has 0 aliphatic carbocycles. The highest BCUT2D eigenvalue weighted by Crippen LogP contribution is 2.14. The molecular formula is C19H25N5OS. The van der Waals surface area contributed by atoms with Crippen LogP contribution in [0.2, 0.25) is 0 Å². The number of carbonyl (C=O) groups excluding carboxylic acids is 1. The van der Waals surface area contributed by atoms with E-state index in [1.54, 1.807) is 17.4 Å². The molecule has 3 rings (SSSR count). The molecule has 138 valence electrons. The number of likely N-dealkylation sites (N-methyl/N-ethyl adjacent to an activating group) is 1. The van der Waals surface area contributed by atoms with Crippen molar-refractivity contribution in [2.75, 3.05) is 37.6 Å². The Morgan fingerprint density at radius 3 is 2.73 bits per heavy atom. The predicted octanol–water partition coefficient (Wildman–Crippen LogP) is 2.32. The Bertz CT molecular complexity index is 748. The molecule has 2 aromatic heterocycles. The summed E-state index contributed by atoms with van der Waals surface area (Å²) >= 11 is 1.57. The van der Waals surface area contributed by atoms with E-state index >= 15 is 0 Å². The van der Waals surface area contributed by atoms with E-state index in [0.29, 0.717) is 6.54 Å². The fourth-order valence-electron chi connectivity index (χ4n) is 2.87. The summed E-state index contributed by atoms with van der Waals surface area (Å²) < 4.78 is 0. The summed E-state index contributed by atoms with van der Waals surface area (Å²) in [5, 5.41) is 5.80. The van der Waals surface area contributed by atoms with Gasteiger partial charge in [-0.2, -0.15) is 0 Å². The van der Waals surface area contributed by atoms with E-state index in [0.717, 1.165) is 54.8 Å². The van der Waals surface area contributed by atoms with Gasteiger partial charge in [-0.25, -0.2) is 9.97 Å². The van der Waals surface area contributed by atoms with Gasteiger partial charge < -0.3 is 15.1 Å². The van der Waals surface area contributed by atoms with Crippen LogP contribution < -0.4 is 10.2 Å². The smallest absolute Gasteiger partial charge is 0.244 e. The summed E-state index contributed by atoms with van der Waals surface area (Å²) in [7, 11) is 0. The van der Waals surface area contributed by atoms with Crippen molar-refractivity contribution in [1.29, 1.82) is 0 Å². The van der Waals surface area contributed by atoms with E-state index < -0.39 is 0 Å². The molecule has 0 radical (unpaired) electrons. The maximum absolute atomic E-state index is 11.9. The fraction of sp³-hybridized carbons (Fsp3) is 0.421. The molecule has 0 saturated carbocycles. The van der Waals surface area contributed by atoms with Gasteiger partial charge in [-0.3, -0.25) is 4.79 Å². The van der Waals surface area contributed by atoms with E-state index in [1.807, 2.05) is 30.6 Å². The molecule has 0 unspecified atom stereocenters. The Morgan fingerprint density at radius 1 is 1.31 bits per heavy atom. The number of amides is 1. The summed E-state index contributed by atoms with van der Waals surface area (Å²) in [6, 6.07) is 4.07. The maximum atomic E-state index is 11.9. The largest absolute Gasteiger partial charge is 0.354 e. The average Bonchev–Trinajstić information content (AvgIpc) is 3.10. The van der Waals surface area contributed by atoms with Crippen LogP contribution in [0.1, 0.15) is 23.2 Å². The lowest BCUT2D eigenvalue weighted by Gasteiger charge is -2.34. The van der Waals surface area contributed by atoms with Crippen molar-refractivity contribution in [3.05, 3.63) is 46.1 Å². The van der Waals surface area contributed by atoms with Gasteiger partial charge in [0.2, 0.25) is 5.91 Å². The minimum absolute atomic E-state index is 0.129. The number of rotatable bonds is 6. The summed E-state index contributed by atoms with van der Waals surface area (Å²) in [5.74, 6) is 0.880. The van der Waals surface area contributed by atoms with Crippen LogP contribution >= 0.6 is 11.3 Å². The number of thiazole rings is 1. The molecule has 1 amide bonds. The Labute approximate surface area is 158 Å². The second-order valence-corrected chi connectivity index (χ2v) is 7.35. The lowest BCUT2D eigenvalue weighted by atomic mass is 10.2. The molecule has 0 spiro atoms. The van der Waals surface area contributed by atoms with Gasteiger partial charge in [-0.15, -0.1) is 11.3 Å². The molecule has 7 heteroatoms.